The third-order valence-corrected chi connectivity index (χ3v) is 14.8. The highest BCUT2D eigenvalue weighted by Gasteiger charge is 2.37. The van der Waals surface area contributed by atoms with Gasteiger partial charge in [0.1, 0.15) is 24.0 Å². The van der Waals surface area contributed by atoms with Crippen LogP contribution in [0.4, 0.5) is 34.5 Å². The van der Waals surface area contributed by atoms with E-state index in [2.05, 4.69) is 57.7 Å². The van der Waals surface area contributed by atoms with Gasteiger partial charge in [0.25, 0.3) is 0 Å². The Balaban J connectivity index is 0.759. The molecule has 4 aliphatic heterocycles. The minimum atomic E-state index is -2.55. The molecule has 3 N–H and O–H groups in total. The quantitative estimate of drug-likeness (QED) is 0.121. The van der Waals surface area contributed by atoms with Crippen molar-refractivity contribution < 1.29 is 18.9 Å². The number of carbonyl (C=O) groups excluding carboxylic acids is 2. The number of hydrogen-bond acceptors (Lipinski definition) is 13. The minimum Gasteiger partial charge on any atom is -0.494 e. The first-order chi connectivity index (χ1) is 29.8. The van der Waals surface area contributed by atoms with E-state index in [1.165, 1.54) is 10.8 Å². The Hall–Kier alpha value is -5.41. The molecular formula is C44H53ClN11O5P. The average molecular weight is 882 g/mol. The van der Waals surface area contributed by atoms with Crippen LogP contribution < -0.4 is 41.5 Å². The summed E-state index contributed by atoms with van der Waals surface area (Å²) < 4.78 is 21.9. The van der Waals surface area contributed by atoms with Crippen molar-refractivity contribution in [1.29, 1.82) is 0 Å². The smallest absolute Gasteiger partial charge is 0.329 e. The summed E-state index contributed by atoms with van der Waals surface area (Å²) in [5, 5.41) is 9.99. The van der Waals surface area contributed by atoms with Gasteiger partial charge in [0, 0.05) is 101 Å². The van der Waals surface area contributed by atoms with Gasteiger partial charge < -0.3 is 29.7 Å². The van der Waals surface area contributed by atoms with Gasteiger partial charge >= 0.3 is 5.69 Å². The molecule has 0 saturated carbocycles. The molecule has 2 aromatic heterocycles. The molecule has 0 aliphatic carbocycles. The molecule has 2 amide bonds. The topological polar surface area (TPSA) is 162 Å². The van der Waals surface area contributed by atoms with E-state index in [1.54, 1.807) is 32.1 Å². The third kappa shape index (κ3) is 8.28. The van der Waals surface area contributed by atoms with Crippen LogP contribution in [0.5, 0.6) is 5.75 Å². The number of ether oxygens (including phenoxy) is 1. The molecule has 1 unspecified atom stereocenters. The number of imidazole rings is 1. The van der Waals surface area contributed by atoms with Gasteiger partial charge in [-0.2, -0.15) is 4.98 Å². The van der Waals surface area contributed by atoms with Crippen LogP contribution >= 0.6 is 18.7 Å². The van der Waals surface area contributed by atoms with E-state index in [0.717, 1.165) is 93.1 Å². The first-order valence-electron chi connectivity index (χ1n) is 21.3. The van der Waals surface area contributed by atoms with Crippen LogP contribution in [0, 0.1) is 0 Å². The van der Waals surface area contributed by atoms with E-state index in [-0.39, 0.29) is 18.0 Å². The van der Waals surface area contributed by atoms with E-state index in [9.17, 15) is 18.9 Å². The van der Waals surface area contributed by atoms with Crippen molar-refractivity contribution in [1.82, 2.24) is 34.2 Å². The Morgan fingerprint density at radius 2 is 1.50 bits per heavy atom. The van der Waals surface area contributed by atoms with Crippen molar-refractivity contribution in [3.8, 4) is 5.75 Å². The van der Waals surface area contributed by atoms with Crippen molar-refractivity contribution in [2.24, 2.45) is 7.05 Å². The second kappa shape index (κ2) is 17.0. The number of carbonyl (C=O) groups is 2. The lowest BCUT2D eigenvalue weighted by Gasteiger charge is -2.50. The number of amides is 2. The number of nitrogens with one attached hydrogen (secondary N) is 3. The summed E-state index contributed by atoms with van der Waals surface area (Å²) in [6.07, 6.45) is 4.27. The molecule has 16 nitrogen and oxygen atoms in total. The normalized spacial score (nSPS) is 19.7. The van der Waals surface area contributed by atoms with Crippen LogP contribution in [0.3, 0.4) is 0 Å². The van der Waals surface area contributed by atoms with Gasteiger partial charge in [-0.05, 0) is 75.1 Å². The number of aromatic nitrogens is 4. The predicted octanol–water partition coefficient (Wildman–Crippen LogP) is 4.98. The highest BCUT2D eigenvalue weighted by atomic mass is 35.5. The number of hydrogen-bond donors (Lipinski definition) is 3. The number of piperazine rings is 1. The van der Waals surface area contributed by atoms with Crippen LogP contribution in [-0.4, -0.2) is 126 Å². The zero-order valence-electron chi connectivity index (χ0n) is 35.5. The van der Waals surface area contributed by atoms with Crippen LogP contribution in [0.2, 0.25) is 5.02 Å². The number of anilines is 6. The lowest BCUT2D eigenvalue weighted by molar-refractivity contribution is -0.135. The van der Waals surface area contributed by atoms with Crippen LogP contribution in [0.1, 0.15) is 31.7 Å². The number of nitrogens with zero attached hydrogens (tertiary/aromatic N) is 8. The number of piperidine rings is 2. The van der Waals surface area contributed by atoms with E-state index >= 15 is 0 Å². The van der Waals surface area contributed by atoms with Gasteiger partial charge in [0.05, 0.1) is 35.7 Å². The zero-order valence-corrected chi connectivity index (χ0v) is 37.2. The number of imide groups is 1. The van der Waals surface area contributed by atoms with Gasteiger partial charge in [-0.1, -0.05) is 23.7 Å². The molecular weight excluding hydrogens is 829 g/mol. The molecule has 62 heavy (non-hydrogen) atoms. The summed E-state index contributed by atoms with van der Waals surface area (Å²) in [4.78, 5) is 56.7. The van der Waals surface area contributed by atoms with Crippen molar-refractivity contribution in [2.45, 2.75) is 43.8 Å². The number of halogens is 1. The van der Waals surface area contributed by atoms with Gasteiger partial charge in [0.2, 0.25) is 17.8 Å². The maximum atomic E-state index is 13.2. The number of fused-ring (bicyclic) bond motifs is 1. The molecule has 4 saturated heterocycles. The number of benzene rings is 3. The molecule has 3 aromatic carbocycles. The van der Waals surface area contributed by atoms with Crippen LogP contribution in [0.25, 0.3) is 11.0 Å². The lowest BCUT2D eigenvalue weighted by Crippen LogP contribution is -2.64. The zero-order chi connectivity index (χ0) is 43.3. The Bertz CT molecular complexity index is 2630. The molecule has 9 rings (SSSR count). The average Bonchev–Trinajstić information content (AvgIpc) is 3.49. The second-order valence-electron chi connectivity index (χ2n) is 17.1. The van der Waals surface area contributed by atoms with Gasteiger partial charge in [-0.25, -0.2) is 9.78 Å². The summed E-state index contributed by atoms with van der Waals surface area (Å²) in [5.41, 5.74) is 4.84. The summed E-state index contributed by atoms with van der Waals surface area (Å²) in [6.45, 7) is 11.5. The lowest BCUT2D eigenvalue weighted by atomic mass is 10.00. The van der Waals surface area contributed by atoms with E-state index in [0.29, 0.717) is 52.2 Å². The van der Waals surface area contributed by atoms with Crippen LogP contribution in [0.15, 0.2) is 71.7 Å². The molecule has 0 spiro atoms. The SMILES string of the molecule is COc1cc(N2CCC(N3CCN(C4CN(c5ccc6c(c5)n(C)c(=O)n6C5CCC(=O)NC5=O)C4)CC3)CC2)ccc1Nc1ncc(Cl)c(Nc2ccccc2P(C)(C)=O)n1. The number of rotatable bonds is 11. The summed E-state index contributed by atoms with van der Waals surface area (Å²) in [6, 6.07) is 20.0. The summed E-state index contributed by atoms with van der Waals surface area (Å²) in [5.74, 6) is 0.719. The minimum absolute atomic E-state index is 0.221. The fourth-order valence-corrected chi connectivity index (χ4v) is 10.7. The molecule has 4 fully saturated rings. The molecule has 326 valence electrons. The molecule has 18 heteroatoms. The Morgan fingerprint density at radius 3 is 2.21 bits per heavy atom. The molecule has 4 aliphatic rings. The monoisotopic (exact) mass is 881 g/mol. The molecule has 5 aromatic rings. The Labute approximate surface area is 365 Å². The highest BCUT2D eigenvalue weighted by molar-refractivity contribution is 7.70. The van der Waals surface area contributed by atoms with Gasteiger partial charge in [-0.3, -0.25) is 33.8 Å². The van der Waals surface area contributed by atoms with Gasteiger partial charge in [0.15, 0.2) is 5.82 Å². The maximum Gasteiger partial charge on any atom is 0.329 e. The van der Waals surface area contributed by atoms with E-state index in [4.69, 9.17) is 16.3 Å². The number of methoxy groups -OCH3 is 1. The number of aryl methyl sites for hydroxylation is 1. The van der Waals surface area contributed by atoms with Crippen molar-refractivity contribution in [3.05, 3.63) is 82.4 Å². The van der Waals surface area contributed by atoms with Crippen molar-refractivity contribution in [3.63, 3.8) is 0 Å². The largest absolute Gasteiger partial charge is 0.494 e. The van der Waals surface area contributed by atoms with Crippen molar-refractivity contribution in [2.75, 3.05) is 93.2 Å². The number of para-hydroxylation sites is 1. The molecule has 6 heterocycles. The van der Waals surface area contributed by atoms with E-state index in [1.807, 2.05) is 48.5 Å². The molecule has 0 bridgehead atoms. The standard InChI is InChI=1S/C44H53ClN11O5P/c1-51-37-23-29(10-12-35(37)56(44(51)59)36-13-14-40(57)49-42(36)58)55-26-31(27-55)54-21-19-53(20-22-54)28-15-17-52(18-16-28)30-9-11-33(38(24-30)61-2)48-43-46-25-32(45)41(50-43)47-34-7-5-6-8-39(34)62(3,4)60/h5-12,23-25,28,31,36H,13-22,26-27H2,1-4H3,(H,49,57,58)(H2,46,47,48,50). The predicted molar refractivity (Wildman–Crippen MR) is 245 cm³/mol. The van der Waals surface area contributed by atoms with Crippen molar-refractivity contribution >= 4 is 81.4 Å². The van der Waals surface area contributed by atoms with Crippen LogP contribution in [-0.2, 0) is 21.2 Å². The third-order valence-electron chi connectivity index (χ3n) is 12.9. The first-order valence-corrected chi connectivity index (χ1v) is 24.2. The highest BCUT2D eigenvalue weighted by Crippen LogP contribution is 2.39. The van der Waals surface area contributed by atoms with Gasteiger partial charge in [-0.15, -0.1) is 0 Å². The fraction of sp³-hybridized carbons (Fsp3) is 0.432. The molecule has 0 radical (unpaired) electrons. The second-order valence-corrected chi connectivity index (χ2v) is 20.7. The first kappa shape index (κ1) is 41.9. The summed E-state index contributed by atoms with van der Waals surface area (Å²) >= 11 is 6.49. The summed E-state index contributed by atoms with van der Waals surface area (Å²) in [7, 11) is 0.849. The Kier molecular flexibility index (Phi) is 11.5. The fourth-order valence-electron chi connectivity index (χ4n) is 9.42. The molecule has 1 atom stereocenters. The maximum absolute atomic E-state index is 13.2. The van der Waals surface area contributed by atoms with E-state index < -0.39 is 19.1 Å². The Morgan fingerprint density at radius 1 is 0.806 bits per heavy atom.